The second-order valence-corrected chi connectivity index (χ2v) is 3.34. The second kappa shape index (κ2) is 4.08. The molecule has 5 nitrogen and oxygen atoms in total. The number of carboxylic acid groups (broad SMARTS) is 1. The predicted octanol–water partition coefficient (Wildman–Crippen LogP) is 1.14. The van der Waals surface area contributed by atoms with E-state index < -0.39 is 5.97 Å². The molecule has 15 heavy (non-hydrogen) atoms. The molecule has 0 bridgehead atoms. The molecular weight excluding hydrogens is 194 g/mol. The van der Waals surface area contributed by atoms with Crippen LogP contribution in [0.25, 0.3) is 5.65 Å². The molecule has 0 aliphatic carbocycles. The summed E-state index contributed by atoms with van der Waals surface area (Å²) in [6.07, 6.45) is 6.86. The summed E-state index contributed by atoms with van der Waals surface area (Å²) in [6, 6.07) is 1.82. The van der Waals surface area contributed by atoms with Crippen molar-refractivity contribution in [2.75, 3.05) is 0 Å². The molecule has 2 aromatic heterocycles. The smallest absolute Gasteiger partial charge is 0.303 e. The average molecular weight is 205 g/mol. The van der Waals surface area contributed by atoms with Gasteiger partial charge in [-0.3, -0.25) is 4.79 Å². The number of carbonyl (C=O) groups is 1. The number of hydrogen-bond donors (Lipinski definition) is 1. The molecule has 5 heteroatoms. The fourth-order valence-corrected chi connectivity index (χ4v) is 1.42. The Morgan fingerprint density at radius 1 is 1.53 bits per heavy atom. The molecule has 0 atom stereocenters. The summed E-state index contributed by atoms with van der Waals surface area (Å²) in [5, 5.41) is 12.6. The lowest BCUT2D eigenvalue weighted by atomic mass is 10.1. The van der Waals surface area contributed by atoms with Gasteiger partial charge in [-0.2, -0.15) is 5.10 Å². The number of fused-ring (bicyclic) bond motifs is 1. The maximum atomic E-state index is 10.3. The Kier molecular flexibility index (Phi) is 2.62. The molecule has 1 N–H and O–H groups in total. The minimum atomic E-state index is -0.761. The van der Waals surface area contributed by atoms with E-state index in [1.54, 1.807) is 16.9 Å². The first-order chi connectivity index (χ1) is 7.25. The Morgan fingerprint density at radius 3 is 3.20 bits per heavy atom. The van der Waals surface area contributed by atoms with Crippen molar-refractivity contribution in [3.05, 3.63) is 30.2 Å². The van der Waals surface area contributed by atoms with E-state index in [1.807, 2.05) is 12.3 Å². The van der Waals surface area contributed by atoms with Crippen molar-refractivity contribution < 1.29 is 9.90 Å². The zero-order valence-electron chi connectivity index (χ0n) is 8.13. The monoisotopic (exact) mass is 205 g/mol. The highest BCUT2D eigenvalue weighted by molar-refractivity contribution is 5.66. The van der Waals surface area contributed by atoms with Gasteiger partial charge in [-0.15, -0.1) is 0 Å². The number of aromatic nitrogens is 3. The Hall–Kier alpha value is -1.91. The van der Waals surface area contributed by atoms with Gasteiger partial charge in [0.2, 0.25) is 0 Å². The number of aryl methyl sites for hydroxylation is 1. The fourth-order valence-electron chi connectivity index (χ4n) is 1.42. The molecule has 0 aliphatic heterocycles. The summed E-state index contributed by atoms with van der Waals surface area (Å²) < 4.78 is 1.69. The van der Waals surface area contributed by atoms with Crippen molar-refractivity contribution >= 4 is 11.6 Å². The van der Waals surface area contributed by atoms with E-state index in [0.29, 0.717) is 6.42 Å². The summed E-state index contributed by atoms with van der Waals surface area (Å²) >= 11 is 0. The third-order valence-electron chi connectivity index (χ3n) is 2.16. The standard InChI is InChI=1S/C10H11N3O2/c14-10(15)3-1-2-8-6-11-9-4-5-12-13(9)7-8/h4-7H,1-3H2,(H,14,15). The maximum absolute atomic E-state index is 10.3. The van der Waals surface area contributed by atoms with Gasteiger partial charge in [0.15, 0.2) is 5.65 Å². The van der Waals surface area contributed by atoms with Crippen molar-refractivity contribution in [1.82, 2.24) is 14.6 Å². The van der Waals surface area contributed by atoms with Gasteiger partial charge in [0.1, 0.15) is 0 Å². The van der Waals surface area contributed by atoms with E-state index in [4.69, 9.17) is 5.11 Å². The minimum absolute atomic E-state index is 0.192. The lowest BCUT2D eigenvalue weighted by molar-refractivity contribution is -0.137. The topological polar surface area (TPSA) is 67.5 Å². The molecule has 78 valence electrons. The van der Waals surface area contributed by atoms with Crippen LogP contribution < -0.4 is 0 Å². The third-order valence-corrected chi connectivity index (χ3v) is 2.16. The molecule has 2 heterocycles. The number of nitrogens with zero attached hydrogens (tertiary/aromatic N) is 3. The van der Waals surface area contributed by atoms with Crippen LogP contribution in [0.4, 0.5) is 0 Å². The Balaban J connectivity index is 2.04. The summed E-state index contributed by atoms with van der Waals surface area (Å²) in [5.74, 6) is -0.761. The quantitative estimate of drug-likeness (QED) is 0.812. The summed E-state index contributed by atoms with van der Waals surface area (Å²) in [4.78, 5) is 14.5. The zero-order chi connectivity index (χ0) is 10.7. The summed E-state index contributed by atoms with van der Waals surface area (Å²) in [5.41, 5.74) is 1.81. The molecule has 2 aromatic rings. The van der Waals surface area contributed by atoms with Gasteiger partial charge >= 0.3 is 5.97 Å². The van der Waals surface area contributed by atoms with E-state index in [1.165, 1.54) is 0 Å². The molecule has 0 radical (unpaired) electrons. The van der Waals surface area contributed by atoms with Crippen LogP contribution in [0.5, 0.6) is 0 Å². The van der Waals surface area contributed by atoms with E-state index in [0.717, 1.165) is 17.6 Å². The molecular formula is C10H11N3O2. The molecule has 0 unspecified atom stereocenters. The van der Waals surface area contributed by atoms with Crippen molar-refractivity contribution in [1.29, 1.82) is 0 Å². The molecule has 2 rings (SSSR count). The first-order valence-corrected chi connectivity index (χ1v) is 4.76. The second-order valence-electron chi connectivity index (χ2n) is 3.34. The molecule has 0 aliphatic rings. The van der Waals surface area contributed by atoms with Crippen molar-refractivity contribution in [2.45, 2.75) is 19.3 Å². The number of hydrogen-bond acceptors (Lipinski definition) is 3. The van der Waals surface area contributed by atoms with Crippen molar-refractivity contribution in [3.63, 3.8) is 0 Å². The van der Waals surface area contributed by atoms with Crippen LogP contribution in [0.3, 0.4) is 0 Å². The average Bonchev–Trinajstić information content (AvgIpc) is 2.64. The molecule has 0 saturated heterocycles. The minimum Gasteiger partial charge on any atom is -0.481 e. The van der Waals surface area contributed by atoms with Crippen LogP contribution in [-0.2, 0) is 11.2 Å². The van der Waals surface area contributed by atoms with E-state index >= 15 is 0 Å². The summed E-state index contributed by atoms with van der Waals surface area (Å²) in [7, 11) is 0. The molecule has 0 fully saturated rings. The highest BCUT2D eigenvalue weighted by Gasteiger charge is 2.00. The van der Waals surface area contributed by atoms with Gasteiger partial charge in [0.25, 0.3) is 0 Å². The maximum Gasteiger partial charge on any atom is 0.303 e. The van der Waals surface area contributed by atoms with Gasteiger partial charge in [-0.25, -0.2) is 9.50 Å². The first-order valence-electron chi connectivity index (χ1n) is 4.76. The number of aliphatic carboxylic acids is 1. The van der Waals surface area contributed by atoms with Gasteiger partial charge in [0, 0.05) is 24.9 Å². The first kappa shape index (κ1) is 9.64. The van der Waals surface area contributed by atoms with Gasteiger partial charge < -0.3 is 5.11 Å². The molecule has 0 aromatic carbocycles. The van der Waals surface area contributed by atoms with Crippen LogP contribution in [0.2, 0.25) is 0 Å². The molecule has 0 amide bonds. The highest BCUT2D eigenvalue weighted by Crippen LogP contribution is 2.05. The Bertz CT molecular complexity index is 478. The van der Waals surface area contributed by atoms with Gasteiger partial charge in [-0.05, 0) is 18.4 Å². The van der Waals surface area contributed by atoms with Crippen LogP contribution in [0, 0.1) is 0 Å². The highest BCUT2D eigenvalue weighted by atomic mass is 16.4. The SMILES string of the molecule is O=C(O)CCCc1cnc2ccnn2c1. The Labute approximate surface area is 86.4 Å². The van der Waals surface area contributed by atoms with E-state index in [-0.39, 0.29) is 6.42 Å². The van der Waals surface area contributed by atoms with E-state index in [2.05, 4.69) is 10.1 Å². The predicted molar refractivity (Wildman–Crippen MR) is 53.6 cm³/mol. The van der Waals surface area contributed by atoms with Crippen LogP contribution in [0.1, 0.15) is 18.4 Å². The number of rotatable bonds is 4. The lowest BCUT2D eigenvalue weighted by Gasteiger charge is -1.99. The fraction of sp³-hybridized carbons (Fsp3) is 0.300. The van der Waals surface area contributed by atoms with Crippen molar-refractivity contribution in [3.8, 4) is 0 Å². The molecule has 0 spiro atoms. The van der Waals surface area contributed by atoms with Gasteiger partial charge in [-0.1, -0.05) is 0 Å². The van der Waals surface area contributed by atoms with Crippen LogP contribution in [0.15, 0.2) is 24.7 Å². The summed E-state index contributed by atoms with van der Waals surface area (Å²) in [6.45, 7) is 0. The van der Waals surface area contributed by atoms with E-state index in [9.17, 15) is 4.79 Å². The lowest BCUT2D eigenvalue weighted by Crippen LogP contribution is -1.98. The Morgan fingerprint density at radius 2 is 2.40 bits per heavy atom. The largest absolute Gasteiger partial charge is 0.481 e. The van der Waals surface area contributed by atoms with Crippen molar-refractivity contribution in [2.24, 2.45) is 0 Å². The number of carboxylic acids is 1. The van der Waals surface area contributed by atoms with Gasteiger partial charge in [0.05, 0.1) is 6.20 Å². The molecule has 0 saturated carbocycles. The zero-order valence-corrected chi connectivity index (χ0v) is 8.13. The normalized spacial score (nSPS) is 10.7. The third kappa shape index (κ3) is 2.31. The van der Waals surface area contributed by atoms with Crippen LogP contribution >= 0.6 is 0 Å². The van der Waals surface area contributed by atoms with Crippen LogP contribution in [-0.4, -0.2) is 25.7 Å².